The van der Waals surface area contributed by atoms with E-state index in [1.165, 1.54) is 13.1 Å². The van der Waals surface area contributed by atoms with Gasteiger partial charge in [-0.2, -0.15) is 0 Å². The number of hydrogen-bond donors (Lipinski definition) is 2. The van der Waals surface area contributed by atoms with Gasteiger partial charge in [0.1, 0.15) is 5.82 Å². The van der Waals surface area contributed by atoms with Crippen LogP contribution in [0.3, 0.4) is 0 Å². The molecule has 7 heteroatoms. The van der Waals surface area contributed by atoms with E-state index < -0.39 is 10.0 Å². The summed E-state index contributed by atoms with van der Waals surface area (Å²) < 4.78 is 37.8. The molecule has 0 aliphatic rings. The lowest BCUT2D eigenvalue weighted by Gasteiger charge is -2.06. The van der Waals surface area contributed by atoms with Crippen molar-refractivity contribution in [2.45, 2.75) is 6.54 Å². The monoisotopic (exact) mass is 324 g/mol. The van der Waals surface area contributed by atoms with Gasteiger partial charge in [0.25, 0.3) is 0 Å². The molecule has 0 amide bonds. The summed E-state index contributed by atoms with van der Waals surface area (Å²) in [6.07, 6.45) is 0. The Morgan fingerprint density at radius 3 is 2.71 bits per heavy atom. The molecule has 0 aromatic heterocycles. The highest BCUT2D eigenvalue weighted by atomic mass is 79.9. The maximum atomic E-state index is 12.9. The van der Waals surface area contributed by atoms with Crippen LogP contribution in [0.1, 0.15) is 5.56 Å². The lowest BCUT2D eigenvalue weighted by molar-refractivity contribution is 0.583. The fraction of sp³-hybridized carbons (Fsp3) is 0.400. The first-order chi connectivity index (χ1) is 7.94. The molecule has 0 bridgehead atoms. The minimum absolute atomic E-state index is 0.0197. The number of rotatable bonds is 6. The van der Waals surface area contributed by atoms with Gasteiger partial charge in [0.2, 0.25) is 10.0 Å². The van der Waals surface area contributed by atoms with E-state index in [1.54, 1.807) is 12.1 Å². The summed E-state index contributed by atoms with van der Waals surface area (Å²) in [5, 5.41) is 2.98. The van der Waals surface area contributed by atoms with Crippen LogP contribution in [0.5, 0.6) is 0 Å². The molecule has 0 heterocycles. The summed E-state index contributed by atoms with van der Waals surface area (Å²) in [6, 6.07) is 4.68. The average Bonchev–Trinajstić information content (AvgIpc) is 2.29. The highest BCUT2D eigenvalue weighted by Crippen LogP contribution is 2.16. The second-order valence-corrected chi connectivity index (χ2v) is 6.35. The van der Waals surface area contributed by atoms with Gasteiger partial charge >= 0.3 is 0 Å². The van der Waals surface area contributed by atoms with Gasteiger partial charge in [-0.05, 0) is 40.7 Å². The minimum atomic E-state index is -3.17. The molecule has 1 rings (SSSR count). The van der Waals surface area contributed by atoms with Crippen LogP contribution in [0.25, 0.3) is 0 Å². The van der Waals surface area contributed by atoms with Crippen LogP contribution in [0.2, 0.25) is 0 Å². The molecule has 0 saturated carbocycles. The molecule has 0 radical (unpaired) electrons. The van der Waals surface area contributed by atoms with E-state index in [-0.39, 0.29) is 11.6 Å². The molecule has 0 saturated heterocycles. The maximum Gasteiger partial charge on any atom is 0.212 e. The van der Waals surface area contributed by atoms with Gasteiger partial charge < -0.3 is 5.32 Å². The highest BCUT2D eigenvalue weighted by Gasteiger charge is 2.05. The van der Waals surface area contributed by atoms with E-state index in [4.69, 9.17) is 0 Å². The van der Waals surface area contributed by atoms with Crippen molar-refractivity contribution in [2.75, 3.05) is 19.3 Å². The van der Waals surface area contributed by atoms with E-state index >= 15 is 0 Å². The van der Waals surface area contributed by atoms with Crippen LogP contribution in [-0.4, -0.2) is 27.8 Å². The number of nitrogens with one attached hydrogen (secondary N) is 2. The molecular weight excluding hydrogens is 311 g/mol. The first-order valence-electron chi connectivity index (χ1n) is 5.00. The average molecular weight is 325 g/mol. The molecule has 0 fully saturated rings. The zero-order chi connectivity index (χ0) is 12.9. The van der Waals surface area contributed by atoms with Crippen molar-refractivity contribution in [2.24, 2.45) is 0 Å². The van der Waals surface area contributed by atoms with Gasteiger partial charge in [-0.3, -0.25) is 0 Å². The molecule has 4 nitrogen and oxygen atoms in total. The van der Waals surface area contributed by atoms with Crippen LogP contribution < -0.4 is 10.0 Å². The Labute approximate surface area is 109 Å². The Hall–Kier alpha value is -0.500. The molecular formula is C10H14BrFN2O2S. The Bertz CT molecular complexity index is 479. The van der Waals surface area contributed by atoms with Gasteiger partial charge in [0.05, 0.1) is 10.2 Å². The molecule has 0 spiro atoms. The fourth-order valence-electron chi connectivity index (χ4n) is 1.19. The topological polar surface area (TPSA) is 58.2 Å². The van der Waals surface area contributed by atoms with E-state index in [2.05, 4.69) is 26.0 Å². The van der Waals surface area contributed by atoms with Crippen LogP contribution in [0.4, 0.5) is 4.39 Å². The third kappa shape index (κ3) is 5.12. The first kappa shape index (κ1) is 14.6. The van der Waals surface area contributed by atoms with Gasteiger partial charge in [-0.15, -0.1) is 0 Å². The van der Waals surface area contributed by atoms with Crippen molar-refractivity contribution in [3.63, 3.8) is 0 Å². The number of hydrogen-bond acceptors (Lipinski definition) is 3. The third-order valence-corrected chi connectivity index (χ3v) is 4.14. The molecule has 0 aliphatic heterocycles. The second-order valence-electron chi connectivity index (χ2n) is 3.45. The second kappa shape index (κ2) is 6.44. The van der Waals surface area contributed by atoms with Crippen molar-refractivity contribution in [3.8, 4) is 0 Å². The quantitative estimate of drug-likeness (QED) is 0.774. The predicted octanol–water partition coefficient (Wildman–Crippen LogP) is 1.23. The zero-order valence-electron chi connectivity index (χ0n) is 9.33. The zero-order valence-corrected chi connectivity index (χ0v) is 11.7. The smallest absolute Gasteiger partial charge is 0.212 e. The van der Waals surface area contributed by atoms with Crippen molar-refractivity contribution in [3.05, 3.63) is 34.1 Å². The molecule has 96 valence electrons. The number of benzene rings is 1. The summed E-state index contributed by atoms with van der Waals surface area (Å²) in [5.74, 6) is -0.294. The van der Waals surface area contributed by atoms with Gasteiger partial charge in [0, 0.05) is 13.1 Å². The summed E-state index contributed by atoms with van der Waals surface area (Å²) in [6.45, 7) is 0.844. The normalized spacial score (nSPS) is 11.7. The Balaban J connectivity index is 2.39. The lowest BCUT2D eigenvalue weighted by atomic mass is 10.2. The Morgan fingerprint density at radius 1 is 1.41 bits per heavy atom. The van der Waals surface area contributed by atoms with Crippen LogP contribution in [0, 0.1) is 5.82 Å². The molecule has 1 aromatic rings. The summed E-state index contributed by atoms with van der Waals surface area (Å²) in [4.78, 5) is 0. The molecule has 1 aromatic carbocycles. The molecule has 17 heavy (non-hydrogen) atoms. The fourth-order valence-corrected chi connectivity index (χ4v) is 2.23. The first-order valence-corrected chi connectivity index (χ1v) is 7.45. The van der Waals surface area contributed by atoms with E-state index in [9.17, 15) is 12.8 Å². The van der Waals surface area contributed by atoms with Crippen LogP contribution in [-0.2, 0) is 16.6 Å². The molecule has 2 N–H and O–H groups in total. The lowest BCUT2D eigenvalue weighted by Crippen LogP contribution is -2.29. The maximum absolute atomic E-state index is 12.9. The third-order valence-electron chi connectivity index (χ3n) is 2.17. The Kier molecular flexibility index (Phi) is 5.51. The van der Waals surface area contributed by atoms with Gasteiger partial charge in [0.15, 0.2) is 0 Å². The molecule has 0 unspecified atom stereocenters. The van der Waals surface area contributed by atoms with Crippen molar-refractivity contribution in [1.82, 2.24) is 10.0 Å². The Morgan fingerprint density at radius 2 is 2.12 bits per heavy atom. The molecule has 0 aliphatic carbocycles. The summed E-state index contributed by atoms with van der Waals surface area (Å²) >= 11 is 3.09. The van der Waals surface area contributed by atoms with Crippen LogP contribution >= 0.6 is 15.9 Å². The summed E-state index contributed by atoms with van der Waals surface area (Å²) in [7, 11) is -1.79. The minimum Gasteiger partial charge on any atom is -0.312 e. The van der Waals surface area contributed by atoms with Crippen molar-refractivity contribution < 1.29 is 12.8 Å². The van der Waals surface area contributed by atoms with E-state index in [1.807, 2.05) is 0 Å². The SMILES string of the molecule is CNS(=O)(=O)CCNCc1ccc(F)c(Br)c1. The standard InChI is InChI=1S/C10H14BrFN2O2S/c1-13-17(15,16)5-4-14-7-8-2-3-10(12)9(11)6-8/h2-3,6,13-14H,4-5,7H2,1H3. The number of halogens is 2. The van der Waals surface area contributed by atoms with Crippen LogP contribution in [0.15, 0.2) is 22.7 Å². The van der Waals surface area contributed by atoms with Crippen molar-refractivity contribution in [1.29, 1.82) is 0 Å². The summed E-state index contributed by atoms with van der Waals surface area (Å²) in [5.41, 5.74) is 0.889. The molecule has 0 atom stereocenters. The van der Waals surface area contributed by atoms with Gasteiger partial charge in [-0.1, -0.05) is 6.07 Å². The predicted molar refractivity (Wildman–Crippen MR) is 68.7 cm³/mol. The largest absolute Gasteiger partial charge is 0.312 e. The number of sulfonamides is 1. The van der Waals surface area contributed by atoms with E-state index in [0.29, 0.717) is 17.6 Å². The highest BCUT2D eigenvalue weighted by molar-refractivity contribution is 9.10. The van der Waals surface area contributed by atoms with Gasteiger partial charge in [-0.25, -0.2) is 17.5 Å². The van der Waals surface area contributed by atoms with E-state index in [0.717, 1.165) is 5.56 Å². The van der Waals surface area contributed by atoms with Crippen molar-refractivity contribution >= 4 is 26.0 Å².